The molecule has 3 nitrogen and oxygen atoms in total. The monoisotopic (exact) mass is 263 g/mol. The maximum absolute atomic E-state index is 6.47. The van der Waals surface area contributed by atoms with Crippen LogP contribution in [0, 0.1) is 0 Å². The van der Waals surface area contributed by atoms with Crippen molar-refractivity contribution in [1.82, 2.24) is 9.97 Å². The van der Waals surface area contributed by atoms with Gasteiger partial charge >= 0.3 is 0 Å². The number of aromatic nitrogens is 2. The molecule has 0 saturated heterocycles. The van der Waals surface area contributed by atoms with Gasteiger partial charge < -0.3 is 5.73 Å². The van der Waals surface area contributed by atoms with Gasteiger partial charge in [0, 0.05) is 24.0 Å². The van der Waals surface area contributed by atoms with Crippen molar-refractivity contribution in [1.29, 1.82) is 0 Å². The Morgan fingerprint density at radius 1 is 1.10 bits per heavy atom. The molecule has 2 N–H and O–H groups in total. The van der Waals surface area contributed by atoms with Crippen molar-refractivity contribution in [3.8, 4) is 0 Å². The van der Waals surface area contributed by atoms with Gasteiger partial charge in [-0.25, -0.2) is 0 Å². The molecule has 0 amide bonds. The highest BCUT2D eigenvalue weighted by Crippen LogP contribution is 2.27. The molecular formula is C17H17N3. The van der Waals surface area contributed by atoms with Crippen molar-refractivity contribution in [3.63, 3.8) is 0 Å². The molecule has 0 aliphatic carbocycles. The van der Waals surface area contributed by atoms with Crippen molar-refractivity contribution < 1.29 is 0 Å². The summed E-state index contributed by atoms with van der Waals surface area (Å²) >= 11 is 0. The first-order chi connectivity index (χ1) is 9.81. The van der Waals surface area contributed by atoms with Crippen LogP contribution in [0.5, 0.6) is 0 Å². The molecule has 0 radical (unpaired) electrons. The number of benzene rings is 1. The van der Waals surface area contributed by atoms with Gasteiger partial charge in [0.25, 0.3) is 0 Å². The fourth-order valence-electron chi connectivity index (χ4n) is 2.59. The molecule has 100 valence electrons. The summed E-state index contributed by atoms with van der Waals surface area (Å²) in [4.78, 5) is 8.70. The quantitative estimate of drug-likeness (QED) is 0.789. The Morgan fingerprint density at radius 2 is 2.00 bits per heavy atom. The van der Waals surface area contributed by atoms with Crippen molar-refractivity contribution >= 4 is 10.8 Å². The van der Waals surface area contributed by atoms with Gasteiger partial charge in [0.1, 0.15) is 0 Å². The minimum absolute atomic E-state index is 0.223. The number of nitrogens with two attached hydrogens (primary N) is 1. The SMILES string of the molecule is CCc1cccnc1C(N)c1cccc2ccncc12. The van der Waals surface area contributed by atoms with E-state index in [0.717, 1.165) is 28.5 Å². The van der Waals surface area contributed by atoms with Crippen LogP contribution in [-0.2, 0) is 6.42 Å². The van der Waals surface area contributed by atoms with Gasteiger partial charge in [0.2, 0.25) is 0 Å². The van der Waals surface area contributed by atoms with Crippen molar-refractivity contribution in [2.24, 2.45) is 5.73 Å². The number of hydrogen-bond acceptors (Lipinski definition) is 3. The van der Waals surface area contributed by atoms with E-state index in [9.17, 15) is 0 Å². The molecule has 3 heteroatoms. The summed E-state index contributed by atoms with van der Waals surface area (Å²) in [6.07, 6.45) is 6.41. The average Bonchev–Trinajstić information content (AvgIpc) is 2.53. The van der Waals surface area contributed by atoms with E-state index in [-0.39, 0.29) is 6.04 Å². The lowest BCUT2D eigenvalue weighted by Gasteiger charge is -2.16. The van der Waals surface area contributed by atoms with Gasteiger partial charge in [-0.3, -0.25) is 9.97 Å². The van der Waals surface area contributed by atoms with Crippen LogP contribution in [0.4, 0.5) is 0 Å². The van der Waals surface area contributed by atoms with Gasteiger partial charge in [-0.15, -0.1) is 0 Å². The molecule has 0 fully saturated rings. The fraction of sp³-hybridized carbons (Fsp3) is 0.176. The van der Waals surface area contributed by atoms with Crippen LogP contribution in [-0.4, -0.2) is 9.97 Å². The Hall–Kier alpha value is -2.26. The van der Waals surface area contributed by atoms with E-state index in [1.165, 1.54) is 5.56 Å². The van der Waals surface area contributed by atoms with Gasteiger partial charge in [-0.1, -0.05) is 31.2 Å². The second-order valence-electron chi connectivity index (χ2n) is 4.82. The van der Waals surface area contributed by atoms with E-state index >= 15 is 0 Å². The molecular weight excluding hydrogens is 246 g/mol. The van der Waals surface area contributed by atoms with Gasteiger partial charge in [0.15, 0.2) is 0 Å². The van der Waals surface area contributed by atoms with E-state index in [1.54, 1.807) is 12.4 Å². The highest BCUT2D eigenvalue weighted by atomic mass is 14.8. The van der Waals surface area contributed by atoms with Crippen LogP contribution in [0.2, 0.25) is 0 Å². The van der Waals surface area contributed by atoms with Crippen LogP contribution in [0.25, 0.3) is 10.8 Å². The zero-order valence-corrected chi connectivity index (χ0v) is 11.5. The van der Waals surface area contributed by atoms with Crippen LogP contribution >= 0.6 is 0 Å². The molecule has 2 heterocycles. The molecule has 0 saturated carbocycles. The summed E-state index contributed by atoms with van der Waals surface area (Å²) in [5, 5.41) is 2.25. The number of aryl methyl sites for hydroxylation is 1. The molecule has 1 unspecified atom stereocenters. The third-order valence-corrected chi connectivity index (χ3v) is 3.65. The first-order valence-electron chi connectivity index (χ1n) is 6.83. The van der Waals surface area contributed by atoms with E-state index in [2.05, 4.69) is 35.1 Å². The van der Waals surface area contributed by atoms with Crippen molar-refractivity contribution in [2.75, 3.05) is 0 Å². The van der Waals surface area contributed by atoms with E-state index in [4.69, 9.17) is 5.73 Å². The lowest BCUT2D eigenvalue weighted by Crippen LogP contribution is -2.16. The predicted octanol–water partition coefficient (Wildman–Crippen LogP) is 3.24. The minimum Gasteiger partial charge on any atom is -0.319 e. The van der Waals surface area contributed by atoms with Crippen LogP contribution in [0.3, 0.4) is 0 Å². The summed E-state index contributed by atoms with van der Waals surface area (Å²) in [6.45, 7) is 2.12. The van der Waals surface area contributed by atoms with Crippen molar-refractivity contribution in [3.05, 3.63) is 71.8 Å². The summed E-state index contributed by atoms with van der Waals surface area (Å²) in [6, 6.07) is 12.0. The molecule has 0 bridgehead atoms. The second kappa shape index (κ2) is 5.39. The minimum atomic E-state index is -0.223. The third-order valence-electron chi connectivity index (χ3n) is 3.65. The Morgan fingerprint density at radius 3 is 2.85 bits per heavy atom. The summed E-state index contributed by atoms with van der Waals surface area (Å²) < 4.78 is 0. The van der Waals surface area contributed by atoms with Gasteiger partial charge in [0.05, 0.1) is 11.7 Å². The Labute approximate surface area is 118 Å². The number of rotatable bonds is 3. The second-order valence-corrected chi connectivity index (χ2v) is 4.82. The maximum atomic E-state index is 6.47. The molecule has 0 aliphatic rings. The topological polar surface area (TPSA) is 51.8 Å². The fourth-order valence-corrected chi connectivity index (χ4v) is 2.59. The Balaban J connectivity index is 2.15. The standard InChI is InChI=1S/C17H17N3/c1-2-12-6-4-9-20-17(12)16(18)14-7-3-5-13-8-10-19-11-15(13)14/h3-11,16H,2,18H2,1H3. The lowest BCUT2D eigenvalue weighted by atomic mass is 9.95. The number of nitrogens with zero attached hydrogens (tertiary/aromatic N) is 2. The van der Waals surface area contributed by atoms with Gasteiger partial charge in [-0.2, -0.15) is 0 Å². The molecule has 2 aromatic heterocycles. The molecule has 0 aliphatic heterocycles. The smallest absolute Gasteiger partial charge is 0.0735 e. The molecule has 1 atom stereocenters. The van der Waals surface area contributed by atoms with Gasteiger partial charge in [-0.05, 0) is 35.1 Å². The zero-order chi connectivity index (χ0) is 13.9. The highest BCUT2D eigenvalue weighted by Gasteiger charge is 2.16. The van der Waals surface area contributed by atoms with E-state index in [0.29, 0.717) is 0 Å². The Kier molecular flexibility index (Phi) is 3.44. The average molecular weight is 263 g/mol. The molecule has 1 aromatic carbocycles. The maximum Gasteiger partial charge on any atom is 0.0735 e. The normalized spacial score (nSPS) is 12.5. The van der Waals surface area contributed by atoms with E-state index < -0.39 is 0 Å². The van der Waals surface area contributed by atoms with Crippen LogP contribution in [0.1, 0.15) is 29.8 Å². The number of fused-ring (bicyclic) bond motifs is 1. The Bertz CT molecular complexity index is 732. The van der Waals surface area contributed by atoms with Crippen molar-refractivity contribution in [2.45, 2.75) is 19.4 Å². The first kappa shape index (κ1) is 12.8. The molecule has 3 aromatic rings. The predicted molar refractivity (Wildman–Crippen MR) is 81.4 cm³/mol. The lowest BCUT2D eigenvalue weighted by molar-refractivity contribution is 0.812. The van der Waals surface area contributed by atoms with E-state index in [1.807, 2.05) is 24.4 Å². The van der Waals surface area contributed by atoms with Crippen LogP contribution in [0.15, 0.2) is 55.0 Å². The summed E-state index contributed by atoms with van der Waals surface area (Å²) in [5.74, 6) is 0. The molecule has 3 rings (SSSR count). The highest BCUT2D eigenvalue weighted by molar-refractivity contribution is 5.85. The molecule has 20 heavy (non-hydrogen) atoms. The molecule has 0 spiro atoms. The number of hydrogen-bond donors (Lipinski definition) is 1. The zero-order valence-electron chi connectivity index (χ0n) is 11.5. The summed E-state index contributed by atoms with van der Waals surface area (Å²) in [7, 11) is 0. The first-order valence-corrected chi connectivity index (χ1v) is 6.83. The van der Waals surface area contributed by atoms with Crippen LogP contribution < -0.4 is 5.73 Å². The number of pyridine rings is 2. The summed E-state index contributed by atoms with van der Waals surface area (Å²) in [5.41, 5.74) is 9.69. The third kappa shape index (κ3) is 2.17. The largest absolute Gasteiger partial charge is 0.319 e.